The maximum atomic E-state index is 12.8. The molecule has 0 spiro atoms. The molecule has 2 aliphatic rings. The summed E-state index contributed by atoms with van der Waals surface area (Å²) in [5.41, 5.74) is 2.58. The van der Waals surface area contributed by atoms with Crippen molar-refractivity contribution in [2.75, 3.05) is 26.2 Å². The molecule has 2 aliphatic heterocycles. The van der Waals surface area contributed by atoms with Crippen molar-refractivity contribution in [1.29, 1.82) is 0 Å². The van der Waals surface area contributed by atoms with E-state index in [1.807, 2.05) is 79.4 Å². The quantitative estimate of drug-likeness (QED) is 0.630. The highest BCUT2D eigenvalue weighted by atomic mass is 16.5. The zero-order chi connectivity index (χ0) is 25.5. The lowest BCUT2D eigenvalue weighted by atomic mass is 9.95. The first-order valence-corrected chi connectivity index (χ1v) is 12.7. The minimum absolute atomic E-state index is 0.00695. The largest absolute Gasteiger partial charge is 0.372 e. The Morgan fingerprint density at radius 2 is 1.56 bits per heavy atom. The fourth-order valence-electron chi connectivity index (χ4n) is 4.82. The highest BCUT2D eigenvalue weighted by molar-refractivity contribution is 5.94. The molecule has 2 atom stereocenters. The topological polar surface area (TPSA) is 79.0 Å². The average Bonchev–Trinajstić information content (AvgIpc) is 2.90. The zero-order valence-corrected chi connectivity index (χ0v) is 21.1. The van der Waals surface area contributed by atoms with Gasteiger partial charge in [0.05, 0.1) is 12.2 Å². The van der Waals surface area contributed by atoms with Gasteiger partial charge in [0.2, 0.25) is 11.8 Å². The van der Waals surface area contributed by atoms with Crippen molar-refractivity contribution in [3.05, 3.63) is 77.4 Å². The number of morpholine rings is 1. The predicted octanol–water partition coefficient (Wildman–Crippen LogP) is 3.50. The van der Waals surface area contributed by atoms with Crippen LogP contribution in [0, 0.1) is 5.92 Å². The number of nitrogens with zero attached hydrogens (tertiary/aromatic N) is 2. The number of ether oxygens (including phenoxy) is 1. The molecule has 190 valence electrons. The number of hydrogen-bond donors (Lipinski definition) is 1. The standard InChI is InChI=1S/C29H35N3O4/c1-21-19-32(20-22(2)36-21)29(35)26-11-8-24(9-12-26)18-30-28(34)25-14-16-31(17-15-25)27(33)13-10-23-6-4-3-5-7-23/h3-13,21-22,25H,14-20H2,1-2H3,(H,30,34)/b13-10+. The molecule has 2 fully saturated rings. The number of piperidine rings is 1. The molecule has 3 amide bonds. The lowest BCUT2D eigenvalue weighted by Crippen LogP contribution is -2.48. The Bertz CT molecular complexity index is 1070. The molecular formula is C29H35N3O4. The molecule has 1 N–H and O–H groups in total. The first-order chi connectivity index (χ1) is 17.4. The summed E-state index contributed by atoms with van der Waals surface area (Å²) in [5.74, 6) is -0.0995. The van der Waals surface area contributed by atoms with Gasteiger partial charge in [-0.25, -0.2) is 0 Å². The second-order valence-electron chi connectivity index (χ2n) is 9.73. The molecule has 2 saturated heterocycles. The lowest BCUT2D eigenvalue weighted by molar-refractivity contribution is -0.132. The Kier molecular flexibility index (Phi) is 8.54. The number of hydrogen-bond acceptors (Lipinski definition) is 4. The fourth-order valence-corrected chi connectivity index (χ4v) is 4.82. The first kappa shape index (κ1) is 25.6. The second-order valence-corrected chi connectivity index (χ2v) is 9.73. The van der Waals surface area contributed by atoms with E-state index in [4.69, 9.17) is 4.74 Å². The van der Waals surface area contributed by atoms with E-state index in [1.165, 1.54) is 0 Å². The minimum Gasteiger partial charge on any atom is -0.372 e. The van der Waals surface area contributed by atoms with E-state index in [2.05, 4.69) is 5.32 Å². The highest BCUT2D eigenvalue weighted by Crippen LogP contribution is 2.19. The van der Waals surface area contributed by atoms with Crippen LogP contribution in [0.2, 0.25) is 0 Å². The van der Waals surface area contributed by atoms with Crippen molar-refractivity contribution in [3.8, 4) is 0 Å². The van der Waals surface area contributed by atoms with E-state index < -0.39 is 0 Å². The Hall–Kier alpha value is -3.45. The van der Waals surface area contributed by atoms with Crippen LogP contribution in [-0.2, 0) is 20.9 Å². The molecule has 36 heavy (non-hydrogen) atoms. The minimum atomic E-state index is -0.0988. The lowest BCUT2D eigenvalue weighted by Gasteiger charge is -2.35. The van der Waals surface area contributed by atoms with Crippen molar-refractivity contribution in [3.63, 3.8) is 0 Å². The third-order valence-electron chi connectivity index (χ3n) is 6.77. The molecule has 2 aromatic rings. The monoisotopic (exact) mass is 489 g/mol. The summed E-state index contributed by atoms with van der Waals surface area (Å²) in [6, 6.07) is 17.2. The number of likely N-dealkylation sites (tertiary alicyclic amines) is 1. The molecule has 7 nitrogen and oxygen atoms in total. The number of amides is 3. The highest BCUT2D eigenvalue weighted by Gasteiger charge is 2.27. The SMILES string of the molecule is CC1CN(C(=O)c2ccc(CNC(=O)C3CCN(C(=O)/C=C/c4ccccc4)CC3)cc2)CC(C)O1. The van der Waals surface area contributed by atoms with Crippen LogP contribution in [0.15, 0.2) is 60.7 Å². The predicted molar refractivity (Wildman–Crippen MR) is 139 cm³/mol. The van der Waals surface area contributed by atoms with Crippen molar-refractivity contribution in [2.45, 2.75) is 45.4 Å². The summed E-state index contributed by atoms with van der Waals surface area (Å²) >= 11 is 0. The zero-order valence-electron chi connectivity index (χ0n) is 21.1. The van der Waals surface area contributed by atoms with Gasteiger partial charge in [0.25, 0.3) is 5.91 Å². The van der Waals surface area contributed by atoms with Gasteiger partial charge >= 0.3 is 0 Å². The van der Waals surface area contributed by atoms with Gasteiger partial charge < -0.3 is 19.9 Å². The maximum Gasteiger partial charge on any atom is 0.254 e. The van der Waals surface area contributed by atoms with Crippen LogP contribution < -0.4 is 5.32 Å². The van der Waals surface area contributed by atoms with E-state index in [0.717, 1.165) is 11.1 Å². The molecular weight excluding hydrogens is 454 g/mol. The first-order valence-electron chi connectivity index (χ1n) is 12.7. The fraction of sp³-hybridized carbons (Fsp3) is 0.414. The molecule has 2 aromatic carbocycles. The summed E-state index contributed by atoms with van der Waals surface area (Å²) in [6.07, 6.45) is 4.79. The van der Waals surface area contributed by atoms with Crippen LogP contribution in [0.25, 0.3) is 6.08 Å². The Balaban J connectivity index is 1.21. The smallest absolute Gasteiger partial charge is 0.254 e. The molecule has 0 bridgehead atoms. The van der Waals surface area contributed by atoms with Gasteiger partial charge in [-0.1, -0.05) is 42.5 Å². The number of nitrogens with one attached hydrogen (secondary N) is 1. The van der Waals surface area contributed by atoms with Gasteiger partial charge in [-0.15, -0.1) is 0 Å². The third-order valence-corrected chi connectivity index (χ3v) is 6.77. The molecule has 4 rings (SSSR count). The van der Waals surface area contributed by atoms with E-state index in [9.17, 15) is 14.4 Å². The second kappa shape index (κ2) is 12.0. The molecule has 0 saturated carbocycles. The third kappa shape index (κ3) is 6.82. The van der Waals surface area contributed by atoms with E-state index in [1.54, 1.807) is 11.0 Å². The van der Waals surface area contributed by atoms with Gasteiger partial charge in [0, 0.05) is 50.3 Å². The molecule has 0 aliphatic carbocycles. The van der Waals surface area contributed by atoms with Gasteiger partial charge in [-0.3, -0.25) is 14.4 Å². The Morgan fingerprint density at radius 1 is 0.917 bits per heavy atom. The summed E-state index contributed by atoms with van der Waals surface area (Å²) in [5, 5.41) is 3.01. The van der Waals surface area contributed by atoms with Gasteiger partial charge in [-0.05, 0) is 56.0 Å². The number of carbonyl (C=O) groups excluding carboxylic acids is 3. The summed E-state index contributed by atoms with van der Waals surface area (Å²) in [7, 11) is 0. The Labute approximate surface area is 213 Å². The normalized spacial score (nSPS) is 20.9. The number of benzene rings is 2. The number of carbonyl (C=O) groups is 3. The molecule has 7 heteroatoms. The number of rotatable bonds is 6. The van der Waals surface area contributed by atoms with Crippen LogP contribution in [0.1, 0.15) is 48.2 Å². The maximum absolute atomic E-state index is 12.8. The summed E-state index contributed by atoms with van der Waals surface area (Å²) in [6.45, 7) is 6.71. The molecule has 2 heterocycles. The van der Waals surface area contributed by atoms with E-state index in [-0.39, 0.29) is 35.8 Å². The van der Waals surface area contributed by atoms with Crippen LogP contribution >= 0.6 is 0 Å². The van der Waals surface area contributed by atoms with Crippen LogP contribution in [0.5, 0.6) is 0 Å². The molecule has 0 radical (unpaired) electrons. The van der Waals surface area contributed by atoms with Gasteiger partial charge in [-0.2, -0.15) is 0 Å². The average molecular weight is 490 g/mol. The van der Waals surface area contributed by atoms with Crippen LogP contribution in [0.4, 0.5) is 0 Å². The Morgan fingerprint density at radius 3 is 2.19 bits per heavy atom. The summed E-state index contributed by atoms with van der Waals surface area (Å²) < 4.78 is 5.71. The van der Waals surface area contributed by atoms with Gasteiger partial charge in [0.1, 0.15) is 0 Å². The van der Waals surface area contributed by atoms with Crippen molar-refractivity contribution in [2.24, 2.45) is 5.92 Å². The molecule has 0 aromatic heterocycles. The van der Waals surface area contributed by atoms with E-state index in [0.29, 0.717) is 51.1 Å². The van der Waals surface area contributed by atoms with Gasteiger partial charge in [0.15, 0.2) is 0 Å². The van der Waals surface area contributed by atoms with Crippen molar-refractivity contribution < 1.29 is 19.1 Å². The van der Waals surface area contributed by atoms with Crippen LogP contribution in [0.3, 0.4) is 0 Å². The van der Waals surface area contributed by atoms with Crippen molar-refractivity contribution >= 4 is 23.8 Å². The summed E-state index contributed by atoms with van der Waals surface area (Å²) in [4.78, 5) is 41.6. The van der Waals surface area contributed by atoms with Crippen LogP contribution in [-0.4, -0.2) is 65.9 Å². The van der Waals surface area contributed by atoms with E-state index >= 15 is 0 Å². The molecule has 2 unspecified atom stereocenters. The van der Waals surface area contributed by atoms with Crippen molar-refractivity contribution in [1.82, 2.24) is 15.1 Å².